The highest BCUT2D eigenvalue weighted by Crippen LogP contribution is 2.23. The van der Waals surface area contributed by atoms with Crippen LogP contribution in [0, 0.1) is 12.7 Å². The topological polar surface area (TPSA) is 54.9 Å². The number of rotatable bonds is 6. The molecule has 1 aromatic carbocycles. The Hall–Kier alpha value is -2.03. The number of carbonyl (C=O) groups is 1. The first-order valence-corrected chi connectivity index (χ1v) is 10.9. The van der Waals surface area contributed by atoms with Crippen LogP contribution in [-0.4, -0.2) is 65.7 Å². The fourth-order valence-corrected chi connectivity index (χ4v) is 4.49. The summed E-state index contributed by atoms with van der Waals surface area (Å²) in [5.41, 5.74) is 3.06. The number of aryl methyl sites for hydroxylation is 1. The third-order valence-corrected chi connectivity index (χ3v) is 6.43. The van der Waals surface area contributed by atoms with Crippen LogP contribution < -0.4 is 4.74 Å². The van der Waals surface area contributed by atoms with Gasteiger partial charge in [-0.15, -0.1) is 11.3 Å². The molecule has 6 nitrogen and oxygen atoms in total. The minimum absolute atomic E-state index is 0.0526. The predicted molar refractivity (Wildman–Crippen MR) is 108 cm³/mol. The van der Waals surface area contributed by atoms with Crippen molar-refractivity contribution < 1.29 is 18.7 Å². The molecule has 3 heterocycles. The fraction of sp³-hybridized carbons (Fsp3) is 0.524. The number of likely N-dealkylation sites (tertiary alicyclic amines) is 1. The van der Waals surface area contributed by atoms with Gasteiger partial charge in [-0.1, -0.05) is 0 Å². The van der Waals surface area contributed by atoms with Crippen molar-refractivity contribution in [3.05, 3.63) is 46.2 Å². The minimum atomic E-state index is -0.292. The Balaban J connectivity index is 1.27. The number of halogens is 1. The van der Waals surface area contributed by atoms with Gasteiger partial charge in [0.25, 0.3) is 0 Å². The van der Waals surface area contributed by atoms with Crippen molar-refractivity contribution in [2.45, 2.75) is 38.5 Å². The zero-order valence-corrected chi connectivity index (χ0v) is 17.4. The van der Waals surface area contributed by atoms with E-state index in [1.807, 2.05) is 10.4 Å². The number of thiazole rings is 1. The van der Waals surface area contributed by atoms with Crippen molar-refractivity contribution in [2.75, 3.05) is 32.8 Å². The summed E-state index contributed by atoms with van der Waals surface area (Å²) in [6.07, 6.45) is 1.74. The molecule has 0 bridgehead atoms. The molecule has 1 aromatic heterocycles. The Morgan fingerprint density at radius 2 is 2.03 bits per heavy atom. The number of carbonyl (C=O) groups excluding carboxylic acids is 1. The molecule has 2 aromatic rings. The molecule has 1 atom stereocenters. The maximum atomic E-state index is 13.0. The Morgan fingerprint density at radius 1 is 1.28 bits per heavy atom. The van der Waals surface area contributed by atoms with E-state index < -0.39 is 0 Å². The van der Waals surface area contributed by atoms with Crippen molar-refractivity contribution >= 4 is 17.2 Å². The van der Waals surface area contributed by atoms with E-state index in [-0.39, 0.29) is 30.5 Å². The van der Waals surface area contributed by atoms with Gasteiger partial charge in [0.2, 0.25) is 5.91 Å². The predicted octanol–water partition coefficient (Wildman–Crippen LogP) is 2.86. The third-order valence-electron chi connectivity index (χ3n) is 5.63. The summed E-state index contributed by atoms with van der Waals surface area (Å²) in [7, 11) is 0. The normalized spacial score (nSPS) is 21.5. The Bertz CT molecular complexity index is 821. The van der Waals surface area contributed by atoms with Crippen LogP contribution in [-0.2, 0) is 16.1 Å². The van der Waals surface area contributed by atoms with Crippen LogP contribution in [0.15, 0.2) is 29.8 Å². The molecule has 8 heteroatoms. The van der Waals surface area contributed by atoms with E-state index >= 15 is 0 Å². The lowest BCUT2D eigenvalue weighted by Gasteiger charge is -2.42. The SMILES string of the molecule is Cc1scnc1CN1CCC(N2C[C@H](COc3ccc(F)cc3)OCC2=O)CC1. The van der Waals surface area contributed by atoms with E-state index in [0.717, 1.165) is 38.2 Å². The number of hydrogen-bond donors (Lipinski definition) is 0. The van der Waals surface area contributed by atoms with Crippen molar-refractivity contribution in [1.82, 2.24) is 14.8 Å². The van der Waals surface area contributed by atoms with Crippen LogP contribution in [0.25, 0.3) is 0 Å². The quantitative estimate of drug-likeness (QED) is 0.721. The van der Waals surface area contributed by atoms with Gasteiger partial charge in [0.1, 0.15) is 30.9 Å². The largest absolute Gasteiger partial charge is 0.491 e. The summed E-state index contributed by atoms with van der Waals surface area (Å²) in [5.74, 6) is 0.361. The molecule has 2 fully saturated rings. The lowest BCUT2D eigenvalue weighted by atomic mass is 10.0. The van der Waals surface area contributed by atoms with Crippen LogP contribution in [0.5, 0.6) is 5.75 Å². The molecule has 156 valence electrons. The second kappa shape index (κ2) is 9.19. The van der Waals surface area contributed by atoms with E-state index in [2.05, 4.69) is 16.8 Å². The molecule has 4 rings (SSSR count). The second-order valence-corrected chi connectivity index (χ2v) is 8.67. The number of amides is 1. The molecule has 1 amide bonds. The second-order valence-electron chi connectivity index (χ2n) is 7.61. The van der Waals surface area contributed by atoms with Gasteiger partial charge < -0.3 is 14.4 Å². The number of piperidine rings is 1. The van der Waals surface area contributed by atoms with E-state index in [0.29, 0.717) is 18.9 Å². The summed E-state index contributed by atoms with van der Waals surface area (Å²) in [5, 5.41) is 0. The first-order valence-electron chi connectivity index (χ1n) is 9.99. The first kappa shape index (κ1) is 20.3. The van der Waals surface area contributed by atoms with Gasteiger partial charge in [-0.3, -0.25) is 9.69 Å². The molecule has 0 aliphatic carbocycles. The molecule has 2 saturated heterocycles. The Kier molecular flexibility index (Phi) is 6.42. The Labute approximate surface area is 174 Å². The molecule has 0 N–H and O–H groups in total. The molecular formula is C21H26FN3O3S. The van der Waals surface area contributed by atoms with E-state index in [9.17, 15) is 9.18 Å². The summed E-state index contributed by atoms with van der Waals surface area (Å²) in [4.78, 5) is 22.5. The average molecular weight is 420 g/mol. The number of benzene rings is 1. The lowest BCUT2D eigenvalue weighted by Crippen LogP contribution is -2.55. The summed E-state index contributed by atoms with van der Waals surface area (Å²) in [6.45, 7) is 5.89. The minimum Gasteiger partial charge on any atom is -0.491 e. The van der Waals surface area contributed by atoms with Crippen LogP contribution >= 0.6 is 11.3 Å². The van der Waals surface area contributed by atoms with Crippen molar-refractivity contribution in [3.63, 3.8) is 0 Å². The van der Waals surface area contributed by atoms with Gasteiger partial charge in [0, 0.05) is 30.6 Å². The van der Waals surface area contributed by atoms with Crippen LogP contribution in [0.1, 0.15) is 23.4 Å². The number of ether oxygens (including phenoxy) is 2. The first-order chi connectivity index (χ1) is 14.1. The molecular weight excluding hydrogens is 393 g/mol. The zero-order valence-electron chi connectivity index (χ0n) is 16.6. The Morgan fingerprint density at radius 3 is 2.72 bits per heavy atom. The van der Waals surface area contributed by atoms with Crippen molar-refractivity contribution in [3.8, 4) is 5.75 Å². The van der Waals surface area contributed by atoms with Gasteiger partial charge in [0.05, 0.1) is 17.7 Å². The maximum absolute atomic E-state index is 13.0. The molecule has 2 aliphatic heterocycles. The number of aromatic nitrogens is 1. The van der Waals surface area contributed by atoms with Gasteiger partial charge in [-0.25, -0.2) is 9.37 Å². The smallest absolute Gasteiger partial charge is 0.248 e. The number of hydrogen-bond acceptors (Lipinski definition) is 6. The lowest BCUT2D eigenvalue weighted by molar-refractivity contribution is -0.155. The standard InChI is InChI=1S/C21H26FN3O3S/c1-15-20(23-14-29-15)11-24-8-6-17(7-9-24)25-10-19(28-13-21(25)26)12-27-18-4-2-16(22)3-5-18/h2-5,14,17,19H,6-13H2,1H3/t19-/m1/s1. The van der Waals surface area contributed by atoms with E-state index in [1.165, 1.54) is 17.0 Å². The highest BCUT2D eigenvalue weighted by molar-refractivity contribution is 7.09. The van der Waals surface area contributed by atoms with Crippen LogP contribution in [0.2, 0.25) is 0 Å². The van der Waals surface area contributed by atoms with Gasteiger partial charge in [0.15, 0.2) is 0 Å². The fourth-order valence-electron chi connectivity index (χ4n) is 3.90. The molecule has 2 aliphatic rings. The highest BCUT2D eigenvalue weighted by atomic mass is 32.1. The number of morpholine rings is 1. The summed E-state index contributed by atoms with van der Waals surface area (Å²) < 4.78 is 24.4. The van der Waals surface area contributed by atoms with Crippen LogP contribution in [0.4, 0.5) is 4.39 Å². The highest BCUT2D eigenvalue weighted by Gasteiger charge is 2.34. The zero-order chi connectivity index (χ0) is 20.2. The molecule has 0 radical (unpaired) electrons. The van der Waals surface area contributed by atoms with E-state index in [1.54, 1.807) is 23.5 Å². The molecule has 0 spiro atoms. The van der Waals surface area contributed by atoms with Crippen LogP contribution in [0.3, 0.4) is 0 Å². The summed E-state index contributed by atoms with van der Waals surface area (Å²) >= 11 is 1.69. The molecule has 29 heavy (non-hydrogen) atoms. The van der Waals surface area contributed by atoms with Crippen molar-refractivity contribution in [1.29, 1.82) is 0 Å². The summed E-state index contributed by atoms with van der Waals surface area (Å²) in [6, 6.07) is 6.18. The van der Waals surface area contributed by atoms with Gasteiger partial charge in [-0.2, -0.15) is 0 Å². The monoisotopic (exact) mass is 419 g/mol. The maximum Gasteiger partial charge on any atom is 0.248 e. The van der Waals surface area contributed by atoms with Crippen molar-refractivity contribution in [2.24, 2.45) is 0 Å². The van der Waals surface area contributed by atoms with Gasteiger partial charge in [-0.05, 0) is 44.0 Å². The van der Waals surface area contributed by atoms with Gasteiger partial charge >= 0.3 is 0 Å². The molecule has 0 unspecified atom stereocenters. The number of nitrogens with zero attached hydrogens (tertiary/aromatic N) is 3. The third kappa shape index (κ3) is 5.12. The molecule has 0 saturated carbocycles. The van der Waals surface area contributed by atoms with E-state index in [4.69, 9.17) is 9.47 Å². The average Bonchev–Trinajstić information content (AvgIpc) is 3.14.